The van der Waals surface area contributed by atoms with Crippen LogP contribution in [0, 0.1) is 5.41 Å². The number of aromatic nitrogens is 1. The molecule has 29 heavy (non-hydrogen) atoms. The molecule has 4 rings (SSSR count). The van der Waals surface area contributed by atoms with E-state index in [0.717, 1.165) is 38.7 Å². The molecular weight excluding hydrogens is 429 g/mol. The first-order chi connectivity index (χ1) is 14.0. The molecule has 0 fully saturated rings. The highest BCUT2D eigenvalue weighted by Crippen LogP contribution is 2.34. The number of nitrogens with one attached hydrogen (secondary N) is 3. The normalized spacial score (nSPS) is 10.1. The van der Waals surface area contributed by atoms with Gasteiger partial charge in [0.1, 0.15) is 0 Å². The molecule has 7 N–H and O–H groups in total. The molecular formula is C21H22Cl3N5. The molecule has 1 heterocycles. The fraction of sp³-hybridized carbons (Fsp3) is 0.0952. The maximum absolute atomic E-state index is 6.17. The Balaban J connectivity index is 0.000000707. The van der Waals surface area contributed by atoms with Gasteiger partial charge in [0, 0.05) is 39.2 Å². The SMILES string of the molecule is C=N.CN.NCc1cc(Nc2ccc(Cl)c(Cl)c2)cc2c1[nH]c1ccc(Cl)cc12. The number of fused-ring (bicyclic) bond motifs is 3. The lowest BCUT2D eigenvalue weighted by atomic mass is 10.1. The zero-order valence-corrected chi connectivity index (χ0v) is 18.1. The Morgan fingerprint density at radius 2 is 1.62 bits per heavy atom. The summed E-state index contributed by atoms with van der Waals surface area (Å²) in [5.41, 5.74) is 15.3. The third-order valence-electron chi connectivity index (χ3n) is 4.18. The largest absolute Gasteiger partial charge is 0.355 e. The van der Waals surface area contributed by atoms with Crippen LogP contribution < -0.4 is 16.8 Å². The Labute approximate surface area is 184 Å². The van der Waals surface area contributed by atoms with Gasteiger partial charge in [0.05, 0.1) is 15.6 Å². The molecule has 0 atom stereocenters. The predicted molar refractivity (Wildman–Crippen MR) is 128 cm³/mol. The maximum atomic E-state index is 6.17. The smallest absolute Gasteiger partial charge is 0.0612 e. The second-order valence-corrected chi connectivity index (χ2v) is 7.08. The molecule has 4 aromatic rings. The minimum Gasteiger partial charge on any atom is -0.355 e. The first-order valence-electron chi connectivity index (χ1n) is 8.64. The van der Waals surface area contributed by atoms with E-state index in [1.54, 1.807) is 12.1 Å². The van der Waals surface area contributed by atoms with Crippen molar-refractivity contribution in [1.29, 1.82) is 5.41 Å². The van der Waals surface area contributed by atoms with Gasteiger partial charge in [-0.15, -0.1) is 0 Å². The second-order valence-electron chi connectivity index (χ2n) is 5.83. The van der Waals surface area contributed by atoms with E-state index in [1.807, 2.05) is 30.3 Å². The molecule has 0 aliphatic rings. The molecule has 5 nitrogen and oxygen atoms in total. The Hall–Kier alpha value is -2.28. The van der Waals surface area contributed by atoms with Gasteiger partial charge in [-0.1, -0.05) is 34.8 Å². The lowest BCUT2D eigenvalue weighted by Crippen LogP contribution is -1.99. The molecule has 0 saturated carbocycles. The number of anilines is 2. The van der Waals surface area contributed by atoms with Crippen LogP contribution in [0.25, 0.3) is 21.8 Å². The van der Waals surface area contributed by atoms with Gasteiger partial charge >= 0.3 is 0 Å². The molecule has 0 aliphatic carbocycles. The van der Waals surface area contributed by atoms with Crippen molar-refractivity contribution in [2.75, 3.05) is 12.4 Å². The topological polar surface area (TPSA) is 104 Å². The first-order valence-corrected chi connectivity index (χ1v) is 9.77. The average Bonchev–Trinajstić information content (AvgIpc) is 3.11. The number of benzene rings is 3. The fourth-order valence-electron chi connectivity index (χ4n) is 3.02. The first kappa shape index (κ1) is 23.0. The molecule has 0 aliphatic heterocycles. The highest BCUT2D eigenvalue weighted by atomic mass is 35.5. The van der Waals surface area contributed by atoms with E-state index in [1.165, 1.54) is 7.05 Å². The van der Waals surface area contributed by atoms with E-state index in [9.17, 15) is 0 Å². The quantitative estimate of drug-likeness (QED) is 0.236. The Bertz CT molecular complexity index is 1120. The third kappa shape index (κ3) is 5.01. The van der Waals surface area contributed by atoms with Crippen LogP contribution in [0.5, 0.6) is 0 Å². The van der Waals surface area contributed by atoms with Crippen LogP contribution in [0.2, 0.25) is 15.1 Å². The molecule has 0 unspecified atom stereocenters. The number of hydrogen-bond donors (Lipinski definition) is 5. The van der Waals surface area contributed by atoms with Crippen LogP contribution in [-0.2, 0) is 6.54 Å². The lowest BCUT2D eigenvalue weighted by molar-refractivity contribution is 1.08. The van der Waals surface area contributed by atoms with Crippen molar-refractivity contribution in [2.45, 2.75) is 6.54 Å². The predicted octanol–water partition coefficient (Wildman–Crippen LogP) is 6.32. The van der Waals surface area contributed by atoms with Gasteiger partial charge in [0.25, 0.3) is 0 Å². The number of rotatable bonds is 3. The van der Waals surface area contributed by atoms with Crippen LogP contribution in [0.4, 0.5) is 11.4 Å². The summed E-state index contributed by atoms with van der Waals surface area (Å²) in [4.78, 5) is 3.43. The summed E-state index contributed by atoms with van der Waals surface area (Å²) in [6.07, 6.45) is 0. The average molecular weight is 451 g/mol. The summed E-state index contributed by atoms with van der Waals surface area (Å²) >= 11 is 18.3. The van der Waals surface area contributed by atoms with Gasteiger partial charge in [-0.3, -0.25) is 0 Å². The van der Waals surface area contributed by atoms with Crippen LogP contribution in [-0.4, -0.2) is 18.7 Å². The molecule has 152 valence electrons. The van der Waals surface area contributed by atoms with Gasteiger partial charge in [0.15, 0.2) is 0 Å². The molecule has 3 aromatic carbocycles. The van der Waals surface area contributed by atoms with Gasteiger partial charge in [-0.05, 0) is 67.9 Å². The lowest BCUT2D eigenvalue weighted by Gasteiger charge is -2.10. The summed E-state index contributed by atoms with van der Waals surface area (Å²) in [6.45, 7) is 2.92. The fourth-order valence-corrected chi connectivity index (χ4v) is 3.49. The van der Waals surface area contributed by atoms with Crippen LogP contribution in [0.3, 0.4) is 0 Å². The van der Waals surface area contributed by atoms with E-state index >= 15 is 0 Å². The summed E-state index contributed by atoms with van der Waals surface area (Å²) in [6, 6.07) is 15.3. The number of hydrogen-bond acceptors (Lipinski definition) is 4. The Morgan fingerprint density at radius 3 is 2.28 bits per heavy atom. The summed E-state index contributed by atoms with van der Waals surface area (Å²) in [5, 5.41) is 12.7. The van der Waals surface area contributed by atoms with E-state index in [2.05, 4.69) is 28.8 Å². The van der Waals surface area contributed by atoms with Crippen molar-refractivity contribution in [3.8, 4) is 0 Å². The molecule has 1 aromatic heterocycles. The highest BCUT2D eigenvalue weighted by molar-refractivity contribution is 6.42. The Morgan fingerprint density at radius 1 is 0.897 bits per heavy atom. The molecule has 0 saturated heterocycles. The zero-order valence-electron chi connectivity index (χ0n) is 15.8. The molecule has 0 amide bonds. The van der Waals surface area contributed by atoms with Crippen LogP contribution in [0.1, 0.15) is 5.56 Å². The number of aromatic amines is 1. The van der Waals surface area contributed by atoms with E-state index in [-0.39, 0.29) is 0 Å². The number of H-pyrrole nitrogens is 1. The number of halogens is 3. The minimum absolute atomic E-state index is 0.425. The Kier molecular flexibility index (Phi) is 8.32. The minimum atomic E-state index is 0.425. The highest BCUT2D eigenvalue weighted by Gasteiger charge is 2.11. The van der Waals surface area contributed by atoms with Crippen molar-refractivity contribution in [2.24, 2.45) is 11.5 Å². The van der Waals surface area contributed by atoms with Crippen LogP contribution in [0.15, 0.2) is 48.5 Å². The van der Waals surface area contributed by atoms with E-state index in [0.29, 0.717) is 21.6 Å². The van der Waals surface area contributed by atoms with Crippen molar-refractivity contribution in [3.63, 3.8) is 0 Å². The van der Waals surface area contributed by atoms with Crippen molar-refractivity contribution in [1.82, 2.24) is 4.98 Å². The maximum Gasteiger partial charge on any atom is 0.0612 e. The zero-order chi connectivity index (χ0) is 21.6. The van der Waals surface area contributed by atoms with Gasteiger partial charge in [0.2, 0.25) is 0 Å². The second kappa shape index (κ2) is 10.5. The van der Waals surface area contributed by atoms with Crippen molar-refractivity contribution >= 4 is 74.7 Å². The van der Waals surface area contributed by atoms with Gasteiger partial charge in [-0.2, -0.15) is 0 Å². The van der Waals surface area contributed by atoms with Crippen molar-refractivity contribution in [3.05, 3.63) is 69.2 Å². The summed E-state index contributed by atoms with van der Waals surface area (Å²) in [7, 11) is 1.50. The molecule has 0 bridgehead atoms. The van der Waals surface area contributed by atoms with Gasteiger partial charge < -0.3 is 27.2 Å². The number of nitrogens with two attached hydrogens (primary N) is 2. The van der Waals surface area contributed by atoms with Crippen LogP contribution >= 0.6 is 34.8 Å². The third-order valence-corrected chi connectivity index (χ3v) is 5.15. The van der Waals surface area contributed by atoms with Gasteiger partial charge in [-0.25, -0.2) is 0 Å². The van der Waals surface area contributed by atoms with Crippen molar-refractivity contribution < 1.29 is 0 Å². The summed E-state index contributed by atoms with van der Waals surface area (Å²) < 4.78 is 0. The molecule has 0 radical (unpaired) electrons. The van der Waals surface area contributed by atoms with E-state index < -0.39 is 0 Å². The monoisotopic (exact) mass is 449 g/mol. The van der Waals surface area contributed by atoms with E-state index in [4.69, 9.17) is 45.9 Å². The molecule has 0 spiro atoms. The standard InChI is InChI=1S/C19H14Cl3N3.CH5N.CH3N/c20-11-1-4-18-14(6-11)15-7-13(5-10(9-23)19(15)25-18)24-12-2-3-16(21)17(22)8-12;2*1-2/h1-8,24-25H,9,23H2;2H2,1H3;2H,1H2. The molecule has 8 heteroatoms. The summed E-state index contributed by atoms with van der Waals surface area (Å²) in [5.74, 6) is 0.